The minimum atomic E-state index is 0.307. The van der Waals surface area contributed by atoms with Crippen LogP contribution in [0, 0.1) is 0 Å². The molecule has 4 heteroatoms. The van der Waals surface area contributed by atoms with Crippen LogP contribution in [0.1, 0.15) is 38.3 Å². The van der Waals surface area contributed by atoms with Crippen molar-refractivity contribution in [3.8, 4) is 11.5 Å². The van der Waals surface area contributed by atoms with Gasteiger partial charge in [0.1, 0.15) is 0 Å². The number of methoxy groups -OCH3 is 2. The largest absolute Gasteiger partial charge is 0.493 e. The quantitative estimate of drug-likeness (QED) is 0.719. The Labute approximate surface area is 129 Å². The first-order valence-corrected chi connectivity index (χ1v) is 7.80. The van der Waals surface area contributed by atoms with E-state index >= 15 is 0 Å². The second-order valence-electron chi connectivity index (χ2n) is 5.38. The van der Waals surface area contributed by atoms with Gasteiger partial charge in [-0.05, 0) is 50.7 Å². The summed E-state index contributed by atoms with van der Waals surface area (Å²) in [7, 11) is 5.52. The molecule has 0 spiro atoms. The normalized spacial score (nSPS) is 12.5. The Morgan fingerprint density at radius 2 is 1.81 bits per heavy atom. The molecule has 1 atom stereocenters. The van der Waals surface area contributed by atoms with E-state index < -0.39 is 0 Å². The van der Waals surface area contributed by atoms with Crippen molar-refractivity contribution in [2.75, 3.05) is 40.9 Å². The summed E-state index contributed by atoms with van der Waals surface area (Å²) in [5.41, 5.74) is 1.24. The van der Waals surface area contributed by atoms with E-state index in [1.807, 2.05) is 6.07 Å². The van der Waals surface area contributed by atoms with Gasteiger partial charge in [0.2, 0.25) is 0 Å². The molecule has 0 radical (unpaired) electrons. The molecule has 4 nitrogen and oxygen atoms in total. The van der Waals surface area contributed by atoms with Gasteiger partial charge >= 0.3 is 0 Å². The molecule has 0 amide bonds. The van der Waals surface area contributed by atoms with Gasteiger partial charge in [0.15, 0.2) is 11.5 Å². The second kappa shape index (κ2) is 9.64. The van der Waals surface area contributed by atoms with E-state index in [9.17, 15) is 0 Å². The first-order chi connectivity index (χ1) is 10.2. The fourth-order valence-electron chi connectivity index (χ4n) is 2.46. The highest BCUT2D eigenvalue weighted by Crippen LogP contribution is 2.30. The molecule has 1 rings (SSSR count). The molecular weight excluding hydrogens is 264 g/mol. The molecule has 21 heavy (non-hydrogen) atoms. The van der Waals surface area contributed by atoms with E-state index in [2.05, 4.69) is 43.2 Å². The predicted octanol–water partition coefficient (Wildman–Crippen LogP) is 3.09. The summed E-state index contributed by atoms with van der Waals surface area (Å²) in [6.45, 7) is 7.51. The van der Waals surface area contributed by atoms with Crippen molar-refractivity contribution in [2.45, 2.75) is 32.7 Å². The first-order valence-electron chi connectivity index (χ1n) is 7.80. The van der Waals surface area contributed by atoms with Crippen molar-refractivity contribution in [3.05, 3.63) is 23.8 Å². The van der Waals surface area contributed by atoms with Crippen LogP contribution in [0.3, 0.4) is 0 Å². The van der Waals surface area contributed by atoms with Gasteiger partial charge in [-0.1, -0.05) is 19.9 Å². The third-order valence-electron chi connectivity index (χ3n) is 3.55. The third-order valence-corrected chi connectivity index (χ3v) is 3.55. The molecule has 1 unspecified atom stereocenters. The van der Waals surface area contributed by atoms with Gasteiger partial charge in [-0.2, -0.15) is 0 Å². The number of hydrogen-bond acceptors (Lipinski definition) is 4. The lowest BCUT2D eigenvalue weighted by Gasteiger charge is -2.25. The lowest BCUT2D eigenvalue weighted by atomic mass is 10.1. The zero-order valence-corrected chi connectivity index (χ0v) is 14.1. The van der Waals surface area contributed by atoms with E-state index in [1.54, 1.807) is 14.2 Å². The molecule has 1 aromatic carbocycles. The maximum absolute atomic E-state index is 5.42. The smallest absolute Gasteiger partial charge is 0.161 e. The van der Waals surface area contributed by atoms with Crippen molar-refractivity contribution in [1.82, 2.24) is 10.2 Å². The Hall–Kier alpha value is -1.26. The molecule has 0 fully saturated rings. The molecule has 0 aliphatic carbocycles. The van der Waals surface area contributed by atoms with Crippen molar-refractivity contribution in [3.63, 3.8) is 0 Å². The number of likely N-dealkylation sites (N-methyl/N-ethyl adjacent to an activating group) is 1. The summed E-state index contributed by atoms with van der Waals surface area (Å²) in [5.74, 6) is 1.56. The Kier molecular flexibility index (Phi) is 8.16. The summed E-state index contributed by atoms with van der Waals surface area (Å²) in [6, 6.07) is 6.48. The van der Waals surface area contributed by atoms with Crippen molar-refractivity contribution >= 4 is 0 Å². The van der Waals surface area contributed by atoms with Gasteiger partial charge in [-0.25, -0.2) is 0 Å². The minimum absolute atomic E-state index is 0.307. The fraction of sp³-hybridized carbons (Fsp3) is 0.647. The number of ether oxygens (including phenoxy) is 2. The van der Waals surface area contributed by atoms with Gasteiger partial charge < -0.3 is 19.7 Å². The highest BCUT2D eigenvalue weighted by atomic mass is 16.5. The predicted molar refractivity (Wildman–Crippen MR) is 88.4 cm³/mol. The van der Waals surface area contributed by atoms with Gasteiger partial charge in [0, 0.05) is 12.6 Å². The maximum Gasteiger partial charge on any atom is 0.161 e. The Balaban J connectivity index is 2.90. The highest BCUT2D eigenvalue weighted by molar-refractivity contribution is 5.43. The van der Waals surface area contributed by atoms with Crippen LogP contribution in [0.25, 0.3) is 0 Å². The summed E-state index contributed by atoms with van der Waals surface area (Å²) < 4.78 is 10.7. The molecule has 0 aromatic heterocycles. The number of nitrogens with zero attached hydrogens (tertiary/aromatic N) is 1. The molecule has 0 saturated carbocycles. The summed E-state index contributed by atoms with van der Waals surface area (Å²) >= 11 is 0. The van der Waals surface area contributed by atoms with Gasteiger partial charge in [-0.3, -0.25) is 0 Å². The van der Waals surface area contributed by atoms with Crippen LogP contribution >= 0.6 is 0 Å². The number of benzene rings is 1. The van der Waals surface area contributed by atoms with Crippen molar-refractivity contribution < 1.29 is 9.47 Å². The minimum Gasteiger partial charge on any atom is -0.493 e. The lowest BCUT2D eigenvalue weighted by Crippen LogP contribution is -2.34. The van der Waals surface area contributed by atoms with E-state index in [0.717, 1.165) is 37.6 Å². The van der Waals surface area contributed by atoms with Gasteiger partial charge in [0.25, 0.3) is 0 Å². The van der Waals surface area contributed by atoms with Crippen LogP contribution in [-0.4, -0.2) is 45.8 Å². The Bertz CT molecular complexity index is 410. The van der Waals surface area contributed by atoms with E-state index in [-0.39, 0.29) is 0 Å². The standard InChI is InChI=1S/C17H30N2O2/c1-6-10-18-15(13-19(3)11-7-2)14-8-9-16(20-4)17(12-14)21-5/h8-9,12,15,18H,6-7,10-11,13H2,1-5H3. The number of nitrogens with one attached hydrogen (secondary N) is 1. The molecule has 120 valence electrons. The number of rotatable bonds is 10. The molecule has 1 N–H and O–H groups in total. The average molecular weight is 294 g/mol. The van der Waals surface area contributed by atoms with Crippen LogP contribution in [0.2, 0.25) is 0 Å². The zero-order chi connectivity index (χ0) is 15.7. The molecular formula is C17H30N2O2. The van der Waals surface area contributed by atoms with Crippen LogP contribution < -0.4 is 14.8 Å². The zero-order valence-electron chi connectivity index (χ0n) is 14.1. The van der Waals surface area contributed by atoms with Crippen LogP contribution in [-0.2, 0) is 0 Å². The van der Waals surface area contributed by atoms with E-state index in [0.29, 0.717) is 6.04 Å². The summed E-state index contributed by atoms with van der Waals surface area (Å²) in [5, 5.41) is 3.63. The van der Waals surface area contributed by atoms with Crippen molar-refractivity contribution in [2.24, 2.45) is 0 Å². The topological polar surface area (TPSA) is 33.7 Å². The maximum atomic E-state index is 5.42. The SMILES string of the molecule is CCCNC(CN(C)CCC)c1ccc(OC)c(OC)c1. The Morgan fingerprint density at radius 3 is 2.38 bits per heavy atom. The van der Waals surface area contributed by atoms with E-state index in [4.69, 9.17) is 9.47 Å². The molecule has 1 aromatic rings. The van der Waals surface area contributed by atoms with Gasteiger partial charge in [0.05, 0.1) is 14.2 Å². The summed E-state index contributed by atoms with van der Waals surface area (Å²) in [4.78, 5) is 2.37. The molecule has 0 aliphatic heterocycles. The molecule has 0 aliphatic rings. The molecule has 0 bridgehead atoms. The fourth-order valence-corrected chi connectivity index (χ4v) is 2.46. The molecule has 0 heterocycles. The highest BCUT2D eigenvalue weighted by Gasteiger charge is 2.15. The van der Waals surface area contributed by atoms with Crippen LogP contribution in [0.15, 0.2) is 18.2 Å². The van der Waals surface area contributed by atoms with Crippen molar-refractivity contribution in [1.29, 1.82) is 0 Å². The number of hydrogen-bond donors (Lipinski definition) is 1. The lowest BCUT2D eigenvalue weighted by molar-refractivity contribution is 0.290. The average Bonchev–Trinajstić information content (AvgIpc) is 2.50. The first kappa shape index (κ1) is 17.8. The Morgan fingerprint density at radius 1 is 1.10 bits per heavy atom. The third kappa shape index (κ3) is 5.56. The van der Waals surface area contributed by atoms with Gasteiger partial charge in [-0.15, -0.1) is 0 Å². The monoisotopic (exact) mass is 294 g/mol. The summed E-state index contributed by atoms with van der Waals surface area (Å²) in [6.07, 6.45) is 2.30. The molecule has 0 saturated heterocycles. The van der Waals surface area contributed by atoms with Crippen LogP contribution in [0.5, 0.6) is 11.5 Å². The second-order valence-corrected chi connectivity index (χ2v) is 5.38. The van der Waals surface area contributed by atoms with Crippen LogP contribution in [0.4, 0.5) is 0 Å². The van der Waals surface area contributed by atoms with E-state index in [1.165, 1.54) is 12.0 Å².